The molecule has 21 heavy (non-hydrogen) atoms. The minimum atomic E-state index is -0.316. The maximum atomic E-state index is 12.9. The van der Waals surface area contributed by atoms with Gasteiger partial charge >= 0.3 is 0 Å². The predicted molar refractivity (Wildman–Crippen MR) is 81.6 cm³/mol. The lowest BCUT2D eigenvalue weighted by Gasteiger charge is -2.39. The number of hydrogen-bond acceptors (Lipinski definition) is 3. The third-order valence-electron chi connectivity index (χ3n) is 4.18. The molecule has 1 atom stereocenters. The molecule has 0 saturated carbocycles. The van der Waals surface area contributed by atoms with Crippen LogP contribution in [0.5, 0.6) is 0 Å². The second-order valence-electron chi connectivity index (χ2n) is 5.47. The Morgan fingerprint density at radius 2 is 1.86 bits per heavy atom. The van der Waals surface area contributed by atoms with Gasteiger partial charge in [-0.2, -0.15) is 0 Å². The highest BCUT2D eigenvalue weighted by Crippen LogP contribution is 2.14. The van der Waals surface area contributed by atoms with Gasteiger partial charge < -0.3 is 10.6 Å². The highest BCUT2D eigenvalue weighted by molar-refractivity contribution is 5.94. The second-order valence-corrected chi connectivity index (χ2v) is 5.47. The molecule has 2 rings (SSSR count). The van der Waals surface area contributed by atoms with Crippen LogP contribution in [0.1, 0.15) is 30.1 Å². The minimum absolute atomic E-state index is 0.0125. The first-order valence-corrected chi connectivity index (χ1v) is 7.64. The van der Waals surface area contributed by atoms with E-state index in [0.29, 0.717) is 18.2 Å². The van der Waals surface area contributed by atoms with Crippen molar-refractivity contribution >= 4 is 5.91 Å². The van der Waals surface area contributed by atoms with Gasteiger partial charge in [-0.05, 0) is 43.7 Å². The average Bonchev–Trinajstić information content (AvgIpc) is 2.53. The fraction of sp³-hybridized carbons (Fsp3) is 0.562. The Morgan fingerprint density at radius 1 is 1.24 bits per heavy atom. The van der Waals surface area contributed by atoms with Crippen LogP contribution in [0.25, 0.3) is 0 Å². The van der Waals surface area contributed by atoms with E-state index in [1.54, 1.807) is 12.1 Å². The van der Waals surface area contributed by atoms with E-state index < -0.39 is 0 Å². The summed E-state index contributed by atoms with van der Waals surface area (Å²) in [5, 5.41) is 0. The number of nitrogens with two attached hydrogens (primary N) is 1. The topological polar surface area (TPSA) is 49.6 Å². The normalized spacial score (nSPS) is 17.8. The summed E-state index contributed by atoms with van der Waals surface area (Å²) in [6.45, 7) is 6.08. The summed E-state index contributed by atoms with van der Waals surface area (Å²) < 4.78 is 12.9. The molecule has 1 unspecified atom stereocenters. The molecule has 0 spiro atoms. The van der Waals surface area contributed by atoms with E-state index >= 15 is 0 Å². The van der Waals surface area contributed by atoms with Crippen molar-refractivity contribution in [2.24, 2.45) is 5.73 Å². The van der Waals surface area contributed by atoms with Crippen molar-refractivity contribution in [1.82, 2.24) is 9.80 Å². The maximum Gasteiger partial charge on any atom is 0.253 e. The van der Waals surface area contributed by atoms with E-state index in [1.165, 1.54) is 12.1 Å². The van der Waals surface area contributed by atoms with Gasteiger partial charge in [0.25, 0.3) is 5.91 Å². The third kappa shape index (κ3) is 4.02. The van der Waals surface area contributed by atoms with Crippen LogP contribution in [0, 0.1) is 5.82 Å². The number of carbonyl (C=O) groups is 1. The van der Waals surface area contributed by atoms with E-state index in [4.69, 9.17) is 5.73 Å². The van der Waals surface area contributed by atoms with Gasteiger partial charge in [-0.1, -0.05) is 6.92 Å². The summed E-state index contributed by atoms with van der Waals surface area (Å²) in [4.78, 5) is 16.6. The molecule has 1 amide bonds. The number of carbonyl (C=O) groups excluding carboxylic acids is 1. The number of halogens is 1. The van der Waals surface area contributed by atoms with Gasteiger partial charge in [-0.25, -0.2) is 4.39 Å². The molecule has 1 fully saturated rings. The zero-order valence-electron chi connectivity index (χ0n) is 12.6. The summed E-state index contributed by atoms with van der Waals surface area (Å²) >= 11 is 0. The summed E-state index contributed by atoms with van der Waals surface area (Å²) in [5.74, 6) is -0.328. The molecule has 0 aliphatic carbocycles. The van der Waals surface area contributed by atoms with Gasteiger partial charge in [-0.3, -0.25) is 9.69 Å². The Balaban J connectivity index is 1.91. The van der Waals surface area contributed by atoms with Crippen molar-refractivity contribution in [3.8, 4) is 0 Å². The van der Waals surface area contributed by atoms with E-state index in [2.05, 4.69) is 11.8 Å². The summed E-state index contributed by atoms with van der Waals surface area (Å²) in [6, 6.07) is 6.27. The van der Waals surface area contributed by atoms with E-state index in [0.717, 1.165) is 39.0 Å². The van der Waals surface area contributed by atoms with Crippen molar-refractivity contribution in [2.75, 3.05) is 32.7 Å². The zero-order chi connectivity index (χ0) is 15.2. The Labute approximate surface area is 125 Å². The molecule has 5 heteroatoms. The smallest absolute Gasteiger partial charge is 0.253 e. The van der Waals surface area contributed by atoms with Crippen LogP contribution in [0.4, 0.5) is 4.39 Å². The number of amides is 1. The monoisotopic (exact) mass is 293 g/mol. The van der Waals surface area contributed by atoms with E-state index in [1.807, 2.05) is 4.90 Å². The number of rotatable bonds is 5. The van der Waals surface area contributed by atoms with Crippen LogP contribution < -0.4 is 5.73 Å². The standard InChI is InChI=1S/C16H24FN3O/c1-2-15(7-8-18)19-9-11-20(12-10-19)16(21)13-3-5-14(17)6-4-13/h3-6,15H,2,7-12,18H2,1H3. The lowest BCUT2D eigenvalue weighted by atomic mass is 10.1. The van der Waals surface area contributed by atoms with Crippen LogP contribution in [0.15, 0.2) is 24.3 Å². The lowest BCUT2D eigenvalue weighted by Crippen LogP contribution is -2.52. The van der Waals surface area contributed by atoms with Gasteiger partial charge in [-0.15, -0.1) is 0 Å². The summed E-state index contributed by atoms with van der Waals surface area (Å²) in [7, 11) is 0. The highest BCUT2D eigenvalue weighted by Gasteiger charge is 2.25. The van der Waals surface area contributed by atoms with Crippen molar-refractivity contribution in [3.05, 3.63) is 35.6 Å². The molecule has 1 aromatic rings. The largest absolute Gasteiger partial charge is 0.336 e. The molecule has 0 radical (unpaired) electrons. The molecule has 0 aromatic heterocycles. The van der Waals surface area contributed by atoms with Gasteiger partial charge in [0, 0.05) is 37.8 Å². The Morgan fingerprint density at radius 3 is 2.38 bits per heavy atom. The molecular formula is C16H24FN3O. The molecule has 1 aliphatic heterocycles. The summed E-state index contributed by atoms with van der Waals surface area (Å²) in [5.41, 5.74) is 6.21. The first-order valence-electron chi connectivity index (χ1n) is 7.64. The number of nitrogens with zero attached hydrogens (tertiary/aromatic N) is 2. The number of hydrogen-bond donors (Lipinski definition) is 1. The third-order valence-corrected chi connectivity index (χ3v) is 4.18. The van der Waals surface area contributed by atoms with Crippen molar-refractivity contribution in [3.63, 3.8) is 0 Å². The van der Waals surface area contributed by atoms with Crippen molar-refractivity contribution < 1.29 is 9.18 Å². The first kappa shape index (κ1) is 15.9. The number of piperazine rings is 1. The van der Waals surface area contributed by atoms with Gasteiger partial charge in [0.05, 0.1) is 0 Å². The zero-order valence-corrected chi connectivity index (χ0v) is 12.6. The maximum absolute atomic E-state index is 12.9. The molecule has 4 nitrogen and oxygen atoms in total. The average molecular weight is 293 g/mol. The van der Waals surface area contributed by atoms with Gasteiger partial charge in [0.1, 0.15) is 5.82 Å². The predicted octanol–water partition coefficient (Wildman–Crippen LogP) is 1.71. The molecule has 0 bridgehead atoms. The molecule has 1 aromatic carbocycles. The van der Waals surface area contributed by atoms with Crippen molar-refractivity contribution in [1.29, 1.82) is 0 Å². The van der Waals surface area contributed by atoms with Crippen LogP contribution >= 0.6 is 0 Å². The van der Waals surface area contributed by atoms with Gasteiger partial charge in [0.2, 0.25) is 0 Å². The van der Waals surface area contributed by atoms with Crippen molar-refractivity contribution in [2.45, 2.75) is 25.8 Å². The highest BCUT2D eigenvalue weighted by atomic mass is 19.1. The summed E-state index contributed by atoms with van der Waals surface area (Å²) in [6.07, 6.45) is 2.09. The lowest BCUT2D eigenvalue weighted by molar-refractivity contribution is 0.0557. The molecule has 2 N–H and O–H groups in total. The van der Waals surface area contributed by atoms with Crippen LogP contribution in [-0.4, -0.2) is 54.5 Å². The van der Waals surface area contributed by atoms with Crippen LogP contribution in [0.3, 0.4) is 0 Å². The van der Waals surface area contributed by atoms with E-state index in [9.17, 15) is 9.18 Å². The molecule has 1 heterocycles. The Hall–Kier alpha value is -1.46. The molecule has 1 aliphatic rings. The Bertz CT molecular complexity index is 455. The number of benzene rings is 1. The van der Waals surface area contributed by atoms with Crippen LogP contribution in [0.2, 0.25) is 0 Å². The molecular weight excluding hydrogens is 269 g/mol. The SMILES string of the molecule is CCC(CCN)N1CCN(C(=O)c2ccc(F)cc2)CC1. The quantitative estimate of drug-likeness (QED) is 0.899. The van der Waals surface area contributed by atoms with Crippen LogP contribution in [-0.2, 0) is 0 Å². The molecule has 1 saturated heterocycles. The fourth-order valence-corrected chi connectivity index (χ4v) is 2.90. The first-order chi connectivity index (χ1) is 10.2. The Kier molecular flexibility index (Phi) is 5.70. The molecule has 116 valence electrons. The van der Waals surface area contributed by atoms with Gasteiger partial charge in [0.15, 0.2) is 0 Å². The minimum Gasteiger partial charge on any atom is -0.336 e. The van der Waals surface area contributed by atoms with E-state index in [-0.39, 0.29) is 11.7 Å². The fourth-order valence-electron chi connectivity index (χ4n) is 2.90. The second kappa shape index (κ2) is 7.52.